The van der Waals surface area contributed by atoms with Gasteiger partial charge in [0.2, 0.25) is 0 Å². The SMILES string of the molecule is CNNC1=CC=C(C)CC1. The molecule has 0 aromatic carbocycles. The number of rotatable bonds is 2. The summed E-state index contributed by atoms with van der Waals surface area (Å²) in [5, 5.41) is 0. The molecule has 2 nitrogen and oxygen atoms in total. The highest BCUT2D eigenvalue weighted by Gasteiger charge is 2.00. The maximum Gasteiger partial charge on any atom is 0.0264 e. The quantitative estimate of drug-likeness (QED) is 0.562. The third kappa shape index (κ3) is 1.88. The van der Waals surface area contributed by atoms with E-state index >= 15 is 0 Å². The third-order valence-corrected chi connectivity index (χ3v) is 1.64. The molecule has 0 fully saturated rings. The van der Waals surface area contributed by atoms with Gasteiger partial charge in [-0.2, -0.15) is 0 Å². The third-order valence-electron chi connectivity index (χ3n) is 1.64. The van der Waals surface area contributed by atoms with Crippen molar-refractivity contribution in [1.82, 2.24) is 10.9 Å². The first-order valence-corrected chi connectivity index (χ1v) is 3.62. The van der Waals surface area contributed by atoms with E-state index in [0.29, 0.717) is 0 Å². The van der Waals surface area contributed by atoms with Crippen LogP contribution in [0.5, 0.6) is 0 Å². The van der Waals surface area contributed by atoms with Crippen LogP contribution in [-0.4, -0.2) is 7.05 Å². The highest BCUT2D eigenvalue weighted by atomic mass is 15.3. The van der Waals surface area contributed by atoms with Gasteiger partial charge in [-0.05, 0) is 25.8 Å². The molecule has 0 aromatic rings. The van der Waals surface area contributed by atoms with Gasteiger partial charge in [0.15, 0.2) is 0 Å². The Hall–Kier alpha value is -0.760. The fourth-order valence-corrected chi connectivity index (χ4v) is 1.01. The lowest BCUT2D eigenvalue weighted by Crippen LogP contribution is -2.27. The molecule has 1 aliphatic rings. The van der Waals surface area contributed by atoms with Gasteiger partial charge in [0.1, 0.15) is 0 Å². The van der Waals surface area contributed by atoms with Gasteiger partial charge >= 0.3 is 0 Å². The van der Waals surface area contributed by atoms with E-state index in [2.05, 4.69) is 29.9 Å². The molecule has 2 N–H and O–H groups in total. The minimum Gasteiger partial charge on any atom is -0.326 e. The number of nitrogens with one attached hydrogen (secondary N) is 2. The number of allylic oxidation sites excluding steroid dienone is 4. The van der Waals surface area contributed by atoms with Crippen molar-refractivity contribution in [2.24, 2.45) is 0 Å². The summed E-state index contributed by atoms with van der Waals surface area (Å²) in [7, 11) is 1.88. The van der Waals surface area contributed by atoms with E-state index in [1.165, 1.54) is 17.7 Å². The maximum absolute atomic E-state index is 3.07. The first-order chi connectivity index (χ1) is 4.83. The molecule has 0 aliphatic heterocycles. The Balaban J connectivity index is 2.47. The van der Waals surface area contributed by atoms with Crippen LogP contribution in [0.1, 0.15) is 19.8 Å². The van der Waals surface area contributed by atoms with E-state index in [0.717, 1.165) is 6.42 Å². The summed E-state index contributed by atoms with van der Waals surface area (Å²) < 4.78 is 0. The van der Waals surface area contributed by atoms with Gasteiger partial charge in [0.05, 0.1) is 0 Å². The molecule has 0 saturated carbocycles. The van der Waals surface area contributed by atoms with Crippen LogP contribution in [-0.2, 0) is 0 Å². The van der Waals surface area contributed by atoms with E-state index in [-0.39, 0.29) is 0 Å². The summed E-state index contributed by atoms with van der Waals surface area (Å²) >= 11 is 0. The zero-order chi connectivity index (χ0) is 7.40. The molecule has 0 heterocycles. The normalized spacial score (nSPS) is 17.8. The highest BCUT2D eigenvalue weighted by Crippen LogP contribution is 2.14. The molecule has 1 aliphatic carbocycles. The minimum absolute atomic E-state index is 1.13. The molecule has 10 heavy (non-hydrogen) atoms. The molecule has 2 heteroatoms. The van der Waals surface area contributed by atoms with Gasteiger partial charge in [-0.15, -0.1) is 0 Å². The molecule has 0 unspecified atom stereocenters. The van der Waals surface area contributed by atoms with Crippen LogP contribution < -0.4 is 10.9 Å². The van der Waals surface area contributed by atoms with Crippen LogP contribution in [0, 0.1) is 0 Å². The van der Waals surface area contributed by atoms with E-state index in [4.69, 9.17) is 0 Å². The molecule has 0 radical (unpaired) electrons. The lowest BCUT2D eigenvalue weighted by molar-refractivity contribution is 0.648. The zero-order valence-corrected chi connectivity index (χ0v) is 6.57. The van der Waals surface area contributed by atoms with Crippen molar-refractivity contribution in [1.29, 1.82) is 0 Å². The van der Waals surface area contributed by atoms with Gasteiger partial charge < -0.3 is 5.43 Å². The van der Waals surface area contributed by atoms with Crippen LogP contribution in [0.2, 0.25) is 0 Å². The van der Waals surface area contributed by atoms with Crippen LogP contribution in [0.4, 0.5) is 0 Å². The first-order valence-electron chi connectivity index (χ1n) is 3.62. The molecule has 0 amide bonds. The zero-order valence-electron chi connectivity index (χ0n) is 6.57. The van der Waals surface area contributed by atoms with Gasteiger partial charge in [0.25, 0.3) is 0 Å². The summed E-state index contributed by atoms with van der Waals surface area (Å²) in [6, 6.07) is 0. The molecule has 0 aromatic heterocycles. The van der Waals surface area contributed by atoms with Gasteiger partial charge in [-0.3, -0.25) is 0 Å². The van der Waals surface area contributed by atoms with Crippen molar-refractivity contribution < 1.29 is 0 Å². The second-order valence-corrected chi connectivity index (χ2v) is 2.58. The molecule has 0 spiro atoms. The molecular weight excluding hydrogens is 124 g/mol. The topological polar surface area (TPSA) is 24.1 Å². The number of hydrogen-bond acceptors (Lipinski definition) is 2. The summed E-state index contributed by atoms with van der Waals surface area (Å²) in [6.07, 6.45) is 6.59. The average Bonchev–Trinajstić information content (AvgIpc) is 1.95. The van der Waals surface area contributed by atoms with Crippen molar-refractivity contribution in [3.05, 3.63) is 23.4 Å². The van der Waals surface area contributed by atoms with Crippen LogP contribution in [0.15, 0.2) is 23.4 Å². The fraction of sp³-hybridized carbons (Fsp3) is 0.500. The predicted molar refractivity (Wildman–Crippen MR) is 43.3 cm³/mol. The van der Waals surface area contributed by atoms with E-state index < -0.39 is 0 Å². The Morgan fingerprint density at radius 3 is 2.60 bits per heavy atom. The Morgan fingerprint density at radius 1 is 1.30 bits per heavy atom. The Bertz CT molecular complexity index is 164. The van der Waals surface area contributed by atoms with Crippen molar-refractivity contribution in [2.45, 2.75) is 19.8 Å². The molecule has 0 atom stereocenters. The summed E-state index contributed by atoms with van der Waals surface area (Å²) in [6.45, 7) is 2.16. The monoisotopic (exact) mass is 138 g/mol. The first kappa shape index (κ1) is 7.35. The summed E-state index contributed by atoms with van der Waals surface area (Å²) in [4.78, 5) is 0. The highest BCUT2D eigenvalue weighted by molar-refractivity contribution is 5.21. The Kier molecular flexibility index (Phi) is 2.51. The Morgan fingerprint density at radius 2 is 2.10 bits per heavy atom. The predicted octanol–water partition coefficient (Wildman–Crippen LogP) is 1.33. The van der Waals surface area contributed by atoms with Gasteiger partial charge in [0, 0.05) is 12.7 Å². The fourth-order valence-electron chi connectivity index (χ4n) is 1.01. The smallest absolute Gasteiger partial charge is 0.0264 e. The molecule has 56 valence electrons. The van der Waals surface area contributed by atoms with E-state index in [1.807, 2.05) is 7.05 Å². The van der Waals surface area contributed by atoms with Crippen molar-refractivity contribution in [3.63, 3.8) is 0 Å². The second-order valence-electron chi connectivity index (χ2n) is 2.58. The van der Waals surface area contributed by atoms with Gasteiger partial charge in [-0.1, -0.05) is 11.6 Å². The molecule has 1 rings (SSSR count). The largest absolute Gasteiger partial charge is 0.326 e. The van der Waals surface area contributed by atoms with E-state index in [9.17, 15) is 0 Å². The molecular formula is C8H14N2. The van der Waals surface area contributed by atoms with Crippen LogP contribution in [0.25, 0.3) is 0 Å². The average molecular weight is 138 g/mol. The number of hydrazine groups is 1. The van der Waals surface area contributed by atoms with Crippen LogP contribution >= 0.6 is 0 Å². The standard InChI is InChI=1S/C8H14N2/c1-7-3-5-8(6-4-7)10-9-2/h3,5,9-10H,4,6H2,1-2H3. The lowest BCUT2D eigenvalue weighted by Gasteiger charge is -2.12. The van der Waals surface area contributed by atoms with Gasteiger partial charge in [-0.25, -0.2) is 5.43 Å². The van der Waals surface area contributed by atoms with Crippen molar-refractivity contribution in [3.8, 4) is 0 Å². The summed E-state index contributed by atoms with van der Waals surface area (Å²) in [5.41, 5.74) is 8.71. The lowest BCUT2D eigenvalue weighted by atomic mass is 10.0. The Labute approximate surface area is 62.0 Å². The summed E-state index contributed by atoms with van der Waals surface area (Å²) in [5.74, 6) is 0. The van der Waals surface area contributed by atoms with E-state index in [1.54, 1.807) is 0 Å². The van der Waals surface area contributed by atoms with Crippen molar-refractivity contribution >= 4 is 0 Å². The second kappa shape index (κ2) is 3.42. The number of hydrogen-bond donors (Lipinski definition) is 2. The van der Waals surface area contributed by atoms with Crippen molar-refractivity contribution in [2.75, 3.05) is 7.05 Å². The maximum atomic E-state index is 3.07. The van der Waals surface area contributed by atoms with Crippen LogP contribution in [0.3, 0.4) is 0 Å². The minimum atomic E-state index is 1.13. The molecule has 0 saturated heterocycles. The molecule has 0 bridgehead atoms.